The summed E-state index contributed by atoms with van der Waals surface area (Å²) in [6, 6.07) is 8.44. The Morgan fingerprint density at radius 2 is 2.04 bits per heavy atom. The predicted octanol–water partition coefficient (Wildman–Crippen LogP) is 2.11. The second-order valence-electron chi connectivity index (χ2n) is 6.70. The Morgan fingerprint density at radius 1 is 1.29 bits per heavy atom. The van der Waals surface area contributed by atoms with Gasteiger partial charge in [-0.05, 0) is 37.4 Å². The van der Waals surface area contributed by atoms with Gasteiger partial charge in [-0.3, -0.25) is 9.89 Å². The molecule has 0 radical (unpaired) electrons. The Bertz CT molecular complexity index is 568. The van der Waals surface area contributed by atoms with Gasteiger partial charge in [-0.1, -0.05) is 34.1 Å². The van der Waals surface area contributed by atoms with Gasteiger partial charge in [-0.2, -0.15) is 0 Å². The Morgan fingerprint density at radius 3 is 2.75 bits per heavy atom. The average molecular weight is 395 g/mol. The molecule has 0 amide bonds. The molecule has 2 aliphatic rings. The molecule has 0 aromatic heterocycles. The van der Waals surface area contributed by atoms with Gasteiger partial charge < -0.3 is 15.8 Å². The van der Waals surface area contributed by atoms with Crippen LogP contribution in [0, 0.1) is 0 Å². The molecule has 1 saturated carbocycles. The lowest BCUT2D eigenvalue weighted by atomic mass is 9.96. The Balaban J connectivity index is 1.41. The second kappa shape index (κ2) is 8.32. The average Bonchev–Trinajstić information content (AvgIpc) is 3.39. The van der Waals surface area contributed by atoms with Gasteiger partial charge in [-0.15, -0.1) is 0 Å². The number of nitrogens with two attached hydrogens (primary N) is 1. The molecule has 1 aromatic rings. The summed E-state index contributed by atoms with van der Waals surface area (Å²) in [7, 11) is 0. The monoisotopic (exact) mass is 394 g/mol. The summed E-state index contributed by atoms with van der Waals surface area (Å²) in [5.41, 5.74) is 7.57. The van der Waals surface area contributed by atoms with Crippen LogP contribution in [0.2, 0.25) is 0 Å². The predicted molar refractivity (Wildman–Crippen MR) is 101 cm³/mol. The minimum Gasteiger partial charge on any atom is -0.379 e. The number of guanidine groups is 1. The fourth-order valence-electron chi connectivity index (χ4n) is 3.19. The highest BCUT2D eigenvalue weighted by molar-refractivity contribution is 9.10. The van der Waals surface area contributed by atoms with Crippen molar-refractivity contribution in [3.63, 3.8) is 0 Å². The normalized spacial score (nSPS) is 20.8. The van der Waals surface area contributed by atoms with Crippen LogP contribution in [0.25, 0.3) is 0 Å². The molecule has 1 aromatic carbocycles. The highest BCUT2D eigenvalue weighted by Crippen LogP contribution is 2.50. The van der Waals surface area contributed by atoms with Crippen molar-refractivity contribution in [2.45, 2.75) is 24.7 Å². The van der Waals surface area contributed by atoms with Crippen LogP contribution in [0.15, 0.2) is 33.7 Å². The molecule has 24 heavy (non-hydrogen) atoms. The number of morpholine rings is 1. The summed E-state index contributed by atoms with van der Waals surface area (Å²) in [4.78, 5) is 7.02. The summed E-state index contributed by atoms with van der Waals surface area (Å²) in [5, 5.41) is 3.25. The number of hydrogen-bond acceptors (Lipinski definition) is 3. The first-order chi connectivity index (χ1) is 11.7. The maximum atomic E-state index is 6.04. The maximum absolute atomic E-state index is 6.04. The number of hydrogen-bond donors (Lipinski definition) is 2. The van der Waals surface area contributed by atoms with Crippen molar-refractivity contribution in [1.82, 2.24) is 10.2 Å². The molecule has 3 N–H and O–H groups in total. The minimum atomic E-state index is 0.181. The van der Waals surface area contributed by atoms with E-state index in [1.165, 1.54) is 22.9 Å². The summed E-state index contributed by atoms with van der Waals surface area (Å²) in [6.45, 7) is 6.51. The fourth-order valence-corrected chi connectivity index (χ4v) is 3.90. The Hall–Kier alpha value is -1.11. The van der Waals surface area contributed by atoms with Gasteiger partial charge in [-0.25, -0.2) is 0 Å². The molecular weight excluding hydrogens is 368 g/mol. The van der Waals surface area contributed by atoms with Gasteiger partial charge in [0.2, 0.25) is 0 Å². The van der Waals surface area contributed by atoms with Gasteiger partial charge in [0.05, 0.1) is 19.8 Å². The first-order valence-corrected chi connectivity index (χ1v) is 9.58. The van der Waals surface area contributed by atoms with Crippen molar-refractivity contribution in [3.8, 4) is 0 Å². The molecule has 1 aliphatic carbocycles. The molecule has 0 spiro atoms. The van der Waals surface area contributed by atoms with E-state index in [-0.39, 0.29) is 5.41 Å². The summed E-state index contributed by atoms with van der Waals surface area (Å²) in [6.07, 6.45) is 3.44. The maximum Gasteiger partial charge on any atom is 0.188 e. The fraction of sp³-hybridized carbons (Fsp3) is 0.611. The lowest BCUT2D eigenvalue weighted by molar-refractivity contribution is 0.0376. The van der Waals surface area contributed by atoms with Crippen LogP contribution in [0.5, 0.6) is 0 Å². The second-order valence-corrected chi connectivity index (χ2v) is 7.55. The molecule has 2 fully saturated rings. The largest absolute Gasteiger partial charge is 0.379 e. The van der Waals surface area contributed by atoms with Crippen LogP contribution in [0.1, 0.15) is 24.8 Å². The molecular formula is C18H27BrN4O. The highest BCUT2D eigenvalue weighted by Gasteiger charge is 2.45. The van der Waals surface area contributed by atoms with E-state index in [4.69, 9.17) is 10.5 Å². The van der Waals surface area contributed by atoms with Gasteiger partial charge in [0, 0.05) is 29.5 Å². The summed E-state index contributed by atoms with van der Waals surface area (Å²) in [5.74, 6) is 0.565. The zero-order chi connectivity index (χ0) is 16.8. The molecule has 3 rings (SSSR count). The number of nitrogens with one attached hydrogen (secondary N) is 1. The zero-order valence-electron chi connectivity index (χ0n) is 14.1. The molecule has 0 bridgehead atoms. The van der Waals surface area contributed by atoms with Gasteiger partial charge >= 0.3 is 0 Å². The van der Waals surface area contributed by atoms with E-state index in [1.807, 2.05) is 0 Å². The van der Waals surface area contributed by atoms with Crippen molar-refractivity contribution in [1.29, 1.82) is 0 Å². The Kier molecular flexibility index (Phi) is 6.14. The van der Waals surface area contributed by atoms with E-state index in [2.05, 4.69) is 55.4 Å². The molecule has 132 valence electrons. The third-order valence-electron chi connectivity index (χ3n) is 4.91. The lowest BCUT2D eigenvalue weighted by Gasteiger charge is -2.26. The van der Waals surface area contributed by atoms with Crippen LogP contribution < -0.4 is 11.1 Å². The van der Waals surface area contributed by atoms with Crippen molar-refractivity contribution < 1.29 is 4.74 Å². The van der Waals surface area contributed by atoms with Crippen LogP contribution in [-0.4, -0.2) is 56.8 Å². The van der Waals surface area contributed by atoms with Crippen LogP contribution in [0.4, 0.5) is 0 Å². The Labute approximate surface area is 152 Å². The number of benzene rings is 1. The van der Waals surface area contributed by atoms with Gasteiger partial charge in [0.1, 0.15) is 0 Å². The number of aliphatic imine (C=N–C) groups is 1. The van der Waals surface area contributed by atoms with Crippen molar-refractivity contribution in [2.24, 2.45) is 10.7 Å². The topological polar surface area (TPSA) is 62.9 Å². The lowest BCUT2D eigenvalue weighted by Crippen LogP contribution is -2.39. The van der Waals surface area contributed by atoms with E-state index in [0.717, 1.165) is 52.4 Å². The molecule has 1 aliphatic heterocycles. The van der Waals surface area contributed by atoms with E-state index in [0.29, 0.717) is 5.96 Å². The standard InChI is InChI=1S/C18H27BrN4O/c19-16-5-2-1-4-15(16)18(6-7-18)14-22-17(20)21-8-3-9-23-10-12-24-13-11-23/h1-2,4-5H,3,6-14H2,(H3,20,21,22). The quantitative estimate of drug-likeness (QED) is 0.422. The highest BCUT2D eigenvalue weighted by atomic mass is 79.9. The molecule has 6 heteroatoms. The third-order valence-corrected chi connectivity index (χ3v) is 5.60. The van der Waals surface area contributed by atoms with Crippen LogP contribution in [0.3, 0.4) is 0 Å². The summed E-state index contributed by atoms with van der Waals surface area (Å²) < 4.78 is 6.53. The summed E-state index contributed by atoms with van der Waals surface area (Å²) >= 11 is 3.66. The minimum absolute atomic E-state index is 0.181. The first-order valence-electron chi connectivity index (χ1n) is 8.79. The smallest absolute Gasteiger partial charge is 0.188 e. The number of rotatable bonds is 7. The molecule has 5 nitrogen and oxygen atoms in total. The van der Waals surface area contributed by atoms with E-state index < -0.39 is 0 Å². The first kappa shape index (κ1) is 17.7. The molecule has 0 atom stereocenters. The molecule has 0 unspecified atom stereocenters. The molecule has 1 saturated heterocycles. The number of ether oxygens (including phenoxy) is 1. The van der Waals surface area contributed by atoms with E-state index in [9.17, 15) is 0 Å². The van der Waals surface area contributed by atoms with Gasteiger partial charge in [0.25, 0.3) is 0 Å². The van der Waals surface area contributed by atoms with E-state index in [1.54, 1.807) is 0 Å². The SMILES string of the molecule is NC(=NCC1(c2ccccc2Br)CC1)NCCCN1CCOCC1. The van der Waals surface area contributed by atoms with Crippen LogP contribution >= 0.6 is 15.9 Å². The van der Waals surface area contributed by atoms with E-state index >= 15 is 0 Å². The number of halogens is 1. The van der Waals surface area contributed by atoms with Crippen molar-refractivity contribution >= 4 is 21.9 Å². The third kappa shape index (κ3) is 4.71. The zero-order valence-corrected chi connectivity index (χ0v) is 15.7. The van der Waals surface area contributed by atoms with Crippen molar-refractivity contribution in [2.75, 3.05) is 45.9 Å². The molecule has 1 heterocycles. The van der Waals surface area contributed by atoms with Gasteiger partial charge in [0.15, 0.2) is 5.96 Å². The van der Waals surface area contributed by atoms with Crippen molar-refractivity contribution in [3.05, 3.63) is 34.3 Å². The van der Waals surface area contributed by atoms with Crippen LogP contribution in [-0.2, 0) is 10.2 Å². The number of nitrogens with zero attached hydrogens (tertiary/aromatic N) is 2.